The molecule has 0 unspecified atom stereocenters. The molecule has 156 valence electrons. The van der Waals surface area contributed by atoms with Gasteiger partial charge in [-0.25, -0.2) is 15.0 Å². The number of amides is 1. The molecule has 1 saturated heterocycles. The van der Waals surface area contributed by atoms with E-state index in [1.54, 1.807) is 42.2 Å². The predicted molar refractivity (Wildman–Crippen MR) is 123 cm³/mol. The Labute approximate surface area is 183 Å². The molecular weight excluding hydrogens is 408 g/mol. The van der Waals surface area contributed by atoms with Crippen molar-refractivity contribution in [2.75, 3.05) is 18.4 Å². The molecule has 1 fully saturated rings. The third-order valence-corrected chi connectivity index (χ3v) is 6.26. The molecule has 0 atom stereocenters. The van der Waals surface area contributed by atoms with Gasteiger partial charge in [-0.05, 0) is 30.4 Å². The number of hydrogen-bond acceptors (Lipinski definition) is 6. The SMILES string of the molecule is O=C(C=Cc1cnc[nH]1)N1CCC(c2cc3ccccc3c(Nc3nccs3)n2)CC1. The van der Waals surface area contributed by atoms with Gasteiger partial charge >= 0.3 is 0 Å². The number of carbonyl (C=O) groups is 1. The second-order valence-electron chi connectivity index (χ2n) is 7.52. The maximum absolute atomic E-state index is 12.5. The Kier molecular flexibility index (Phi) is 5.45. The van der Waals surface area contributed by atoms with E-state index in [-0.39, 0.29) is 5.91 Å². The van der Waals surface area contributed by atoms with Crippen LogP contribution in [-0.2, 0) is 4.79 Å². The van der Waals surface area contributed by atoms with E-state index in [1.165, 1.54) is 0 Å². The van der Waals surface area contributed by atoms with Gasteiger partial charge in [0.25, 0.3) is 0 Å². The van der Waals surface area contributed by atoms with Gasteiger partial charge in [-0.2, -0.15) is 0 Å². The monoisotopic (exact) mass is 430 g/mol. The molecule has 0 saturated carbocycles. The Hall–Kier alpha value is -3.52. The van der Waals surface area contributed by atoms with Crippen molar-refractivity contribution in [3.63, 3.8) is 0 Å². The van der Waals surface area contributed by atoms with Crippen LogP contribution in [0, 0.1) is 0 Å². The van der Waals surface area contributed by atoms with Crippen molar-refractivity contribution in [2.24, 2.45) is 0 Å². The van der Waals surface area contributed by atoms with Crippen LogP contribution in [0.2, 0.25) is 0 Å². The Morgan fingerprint density at radius 3 is 2.90 bits per heavy atom. The molecule has 7 nitrogen and oxygen atoms in total. The minimum Gasteiger partial charge on any atom is -0.345 e. The summed E-state index contributed by atoms with van der Waals surface area (Å²) in [4.78, 5) is 30.7. The highest BCUT2D eigenvalue weighted by Crippen LogP contribution is 2.33. The van der Waals surface area contributed by atoms with Crippen LogP contribution in [0.5, 0.6) is 0 Å². The second kappa shape index (κ2) is 8.69. The van der Waals surface area contributed by atoms with Crippen molar-refractivity contribution >= 4 is 45.0 Å². The zero-order chi connectivity index (χ0) is 21.0. The molecule has 1 aromatic carbocycles. The number of nitrogens with one attached hydrogen (secondary N) is 2. The van der Waals surface area contributed by atoms with E-state index in [0.29, 0.717) is 5.92 Å². The fourth-order valence-electron chi connectivity index (χ4n) is 3.93. The number of anilines is 2. The number of pyridine rings is 1. The fourth-order valence-corrected chi connectivity index (χ4v) is 4.46. The quantitative estimate of drug-likeness (QED) is 0.453. The summed E-state index contributed by atoms with van der Waals surface area (Å²) in [5.74, 6) is 1.19. The summed E-state index contributed by atoms with van der Waals surface area (Å²) in [6.07, 6.45) is 10.2. The third kappa shape index (κ3) is 4.34. The molecule has 4 heterocycles. The lowest BCUT2D eigenvalue weighted by Crippen LogP contribution is -2.37. The van der Waals surface area contributed by atoms with Crippen molar-refractivity contribution < 1.29 is 4.79 Å². The van der Waals surface area contributed by atoms with Crippen LogP contribution in [0.15, 0.2) is 60.5 Å². The van der Waals surface area contributed by atoms with Gasteiger partial charge < -0.3 is 15.2 Å². The van der Waals surface area contributed by atoms with Crippen LogP contribution >= 0.6 is 11.3 Å². The first-order chi connectivity index (χ1) is 15.3. The zero-order valence-electron chi connectivity index (χ0n) is 16.9. The normalized spacial score (nSPS) is 15.0. The number of aromatic amines is 1. The summed E-state index contributed by atoms with van der Waals surface area (Å²) in [6.45, 7) is 1.45. The van der Waals surface area contributed by atoms with Gasteiger partial charge in [0.15, 0.2) is 5.13 Å². The molecule has 2 N–H and O–H groups in total. The summed E-state index contributed by atoms with van der Waals surface area (Å²) in [5.41, 5.74) is 1.89. The number of piperidine rings is 1. The maximum atomic E-state index is 12.5. The number of hydrogen-bond donors (Lipinski definition) is 2. The number of fused-ring (bicyclic) bond motifs is 1. The molecular formula is C23H22N6OS. The maximum Gasteiger partial charge on any atom is 0.246 e. The molecule has 3 aromatic heterocycles. The number of nitrogens with zero attached hydrogens (tertiary/aromatic N) is 4. The minimum atomic E-state index is 0.0330. The molecule has 0 spiro atoms. The molecule has 1 aliphatic heterocycles. The summed E-state index contributed by atoms with van der Waals surface area (Å²) < 4.78 is 0. The lowest BCUT2D eigenvalue weighted by Gasteiger charge is -2.31. The van der Waals surface area contributed by atoms with E-state index in [4.69, 9.17) is 4.98 Å². The number of benzene rings is 1. The van der Waals surface area contributed by atoms with E-state index < -0.39 is 0 Å². The molecule has 0 radical (unpaired) electrons. The first-order valence-corrected chi connectivity index (χ1v) is 11.2. The Balaban J connectivity index is 1.32. The number of rotatable bonds is 5. The van der Waals surface area contributed by atoms with Gasteiger partial charge in [0, 0.05) is 47.7 Å². The summed E-state index contributed by atoms with van der Waals surface area (Å²) in [5, 5.41) is 8.40. The van der Waals surface area contributed by atoms with Crippen molar-refractivity contribution in [2.45, 2.75) is 18.8 Å². The molecule has 4 aromatic rings. The van der Waals surface area contributed by atoms with Gasteiger partial charge in [0.2, 0.25) is 5.91 Å². The second-order valence-corrected chi connectivity index (χ2v) is 8.41. The highest BCUT2D eigenvalue weighted by molar-refractivity contribution is 7.13. The number of H-pyrrole nitrogens is 1. The smallest absolute Gasteiger partial charge is 0.246 e. The van der Waals surface area contributed by atoms with Crippen molar-refractivity contribution in [3.05, 3.63) is 71.9 Å². The highest BCUT2D eigenvalue weighted by Gasteiger charge is 2.24. The first kappa shape index (κ1) is 19.4. The predicted octanol–water partition coefficient (Wildman–Crippen LogP) is 4.58. The lowest BCUT2D eigenvalue weighted by molar-refractivity contribution is -0.126. The Bertz CT molecular complexity index is 1190. The zero-order valence-corrected chi connectivity index (χ0v) is 17.7. The summed E-state index contributed by atoms with van der Waals surface area (Å²) in [7, 11) is 0. The molecule has 0 aliphatic carbocycles. The molecule has 1 amide bonds. The first-order valence-electron chi connectivity index (χ1n) is 10.3. The van der Waals surface area contributed by atoms with E-state index in [9.17, 15) is 4.79 Å². The van der Waals surface area contributed by atoms with Crippen molar-refractivity contribution in [1.82, 2.24) is 24.8 Å². The molecule has 1 aliphatic rings. The Morgan fingerprint density at radius 1 is 1.26 bits per heavy atom. The molecule has 5 rings (SSSR count). The topological polar surface area (TPSA) is 86.8 Å². The average molecular weight is 431 g/mol. The molecule has 31 heavy (non-hydrogen) atoms. The standard InChI is InChI=1S/C23H22N6OS/c30-21(6-5-18-14-24-15-26-18)29-10-7-16(8-11-29)20-13-17-3-1-2-4-19(17)22(27-20)28-23-25-9-12-31-23/h1-6,9,12-16H,7-8,10-11H2,(H,24,26)(H,25,27,28). The van der Waals surface area contributed by atoms with Gasteiger partial charge in [0.05, 0.1) is 18.2 Å². The fraction of sp³-hybridized carbons (Fsp3) is 0.217. The van der Waals surface area contributed by atoms with Crippen LogP contribution in [-0.4, -0.2) is 43.8 Å². The number of likely N-dealkylation sites (tertiary alicyclic amines) is 1. The van der Waals surface area contributed by atoms with Gasteiger partial charge in [-0.1, -0.05) is 24.3 Å². The molecule has 0 bridgehead atoms. The van der Waals surface area contributed by atoms with Crippen molar-refractivity contribution in [1.29, 1.82) is 0 Å². The van der Waals surface area contributed by atoms with Gasteiger partial charge in [-0.3, -0.25) is 4.79 Å². The third-order valence-electron chi connectivity index (χ3n) is 5.57. The lowest BCUT2D eigenvalue weighted by atomic mass is 9.92. The number of carbonyl (C=O) groups excluding carboxylic acids is 1. The Morgan fingerprint density at radius 2 is 2.13 bits per heavy atom. The molecule has 8 heteroatoms. The summed E-state index contributed by atoms with van der Waals surface area (Å²) >= 11 is 1.56. The average Bonchev–Trinajstić information content (AvgIpc) is 3.52. The number of imidazole rings is 1. The van der Waals surface area contributed by atoms with Gasteiger partial charge in [0.1, 0.15) is 5.82 Å². The van der Waals surface area contributed by atoms with Crippen LogP contribution in [0.1, 0.15) is 30.1 Å². The van der Waals surface area contributed by atoms with Crippen LogP contribution < -0.4 is 5.32 Å². The summed E-state index contributed by atoms with van der Waals surface area (Å²) in [6, 6.07) is 10.5. The van der Waals surface area contributed by atoms with Crippen molar-refractivity contribution in [3.8, 4) is 0 Å². The number of thiazole rings is 1. The van der Waals surface area contributed by atoms with Gasteiger partial charge in [-0.15, -0.1) is 11.3 Å². The number of aromatic nitrogens is 4. The van der Waals surface area contributed by atoms with E-state index in [0.717, 1.165) is 59.0 Å². The highest BCUT2D eigenvalue weighted by atomic mass is 32.1. The van der Waals surface area contributed by atoms with Crippen LogP contribution in [0.4, 0.5) is 10.9 Å². The van der Waals surface area contributed by atoms with E-state index in [2.05, 4.69) is 38.5 Å². The van der Waals surface area contributed by atoms with Crippen LogP contribution in [0.3, 0.4) is 0 Å². The van der Waals surface area contributed by atoms with E-state index >= 15 is 0 Å². The van der Waals surface area contributed by atoms with Crippen LogP contribution in [0.25, 0.3) is 16.8 Å². The largest absolute Gasteiger partial charge is 0.345 e. The van der Waals surface area contributed by atoms with E-state index in [1.807, 2.05) is 22.4 Å². The minimum absolute atomic E-state index is 0.0330.